The summed E-state index contributed by atoms with van der Waals surface area (Å²) in [4.78, 5) is 2.35. The van der Waals surface area contributed by atoms with Gasteiger partial charge in [-0.25, -0.2) is 26.6 Å². The van der Waals surface area contributed by atoms with E-state index in [0.29, 0.717) is 25.3 Å². The van der Waals surface area contributed by atoms with Gasteiger partial charge in [-0.2, -0.15) is 0 Å². The average molecular weight is 454 g/mol. The third-order valence-corrected chi connectivity index (χ3v) is 6.84. The second-order valence-electron chi connectivity index (χ2n) is 8.66. The molecule has 1 aromatic heterocycles. The molecule has 4 rings (SSSR count). The van der Waals surface area contributed by atoms with Crippen LogP contribution in [-0.2, 0) is 24.0 Å². The summed E-state index contributed by atoms with van der Waals surface area (Å²) in [5.74, 6) is -2.08. The maximum Gasteiger partial charge on any atom is 0.248 e. The molecule has 0 bridgehead atoms. The van der Waals surface area contributed by atoms with Gasteiger partial charge in [-0.05, 0) is 55.8 Å². The number of likely N-dealkylation sites (tertiary alicyclic amines) is 1. The molecule has 1 saturated heterocycles. The minimum atomic E-state index is -2.59. The molecule has 2 aromatic rings. The Morgan fingerprint density at radius 3 is 2.58 bits per heavy atom. The van der Waals surface area contributed by atoms with Crippen LogP contribution in [0.1, 0.15) is 67.3 Å². The maximum atomic E-state index is 13.4. The van der Waals surface area contributed by atoms with Crippen LogP contribution in [0.15, 0.2) is 30.5 Å². The monoisotopic (exact) mass is 453 g/mol. The van der Waals surface area contributed by atoms with Gasteiger partial charge in [0.1, 0.15) is 0 Å². The summed E-state index contributed by atoms with van der Waals surface area (Å²) in [6.45, 7) is 2.93. The van der Waals surface area contributed by atoms with Gasteiger partial charge in [-0.15, -0.1) is 5.10 Å². The highest BCUT2D eigenvalue weighted by Crippen LogP contribution is 2.38. The molecule has 0 spiro atoms. The number of halogens is 2. The number of aromatic nitrogens is 3. The highest BCUT2D eigenvalue weighted by molar-refractivity contribution is 7.70. The number of hydrogen-bond acceptors (Lipinski definition) is 5. The summed E-state index contributed by atoms with van der Waals surface area (Å²) < 4.78 is 52.5. The van der Waals surface area contributed by atoms with Crippen molar-refractivity contribution < 1.29 is 17.2 Å². The van der Waals surface area contributed by atoms with Crippen LogP contribution in [-0.4, -0.2) is 47.3 Å². The first-order chi connectivity index (χ1) is 14.9. The van der Waals surface area contributed by atoms with Gasteiger partial charge in [-0.1, -0.05) is 29.5 Å². The molecule has 2 heterocycles. The molecule has 0 unspecified atom stereocenters. The van der Waals surface area contributed by atoms with Crippen molar-refractivity contribution in [1.29, 1.82) is 0 Å². The predicted octanol–water partition coefficient (Wildman–Crippen LogP) is 3.02. The van der Waals surface area contributed by atoms with Gasteiger partial charge in [-0.3, -0.25) is 4.90 Å². The van der Waals surface area contributed by atoms with Crippen molar-refractivity contribution in [3.63, 3.8) is 0 Å². The average Bonchev–Trinajstić information content (AvgIpc) is 3.21. The van der Waals surface area contributed by atoms with Crippen molar-refractivity contribution in [2.24, 2.45) is 0 Å². The molecule has 1 aromatic carbocycles. The Labute approximate surface area is 182 Å². The summed E-state index contributed by atoms with van der Waals surface area (Å²) >= 11 is 0. The summed E-state index contributed by atoms with van der Waals surface area (Å²) in [6.07, 6.45) is 4.70. The number of thiol groups is 1. The van der Waals surface area contributed by atoms with Crippen LogP contribution in [0.2, 0.25) is 0 Å². The molecular formula is C21H29F2N5O2S. The van der Waals surface area contributed by atoms with Gasteiger partial charge in [0, 0.05) is 25.9 Å². The molecule has 1 aliphatic carbocycles. The summed E-state index contributed by atoms with van der Waals surface area (Å²) in [5, 5.41) is 8.47. The van der Waals surface area contributed by atoms with E-state index in [1.165, 1.54) is 5.56 Å². The fraction of sp³-hybridized carbons (Fsp3) is 0.619. The quantitative estimate of drug-likeness (QED) is 0.630. The van der Waals surface area contributed by atoms with Crippen molar-refractivity contribution in [3.05, 3.63) is 47.3 Å². The molecular weight excluding hydrogens is 424 g/mol. The third kappa shape index (κ3) is 6.08. The lowest BCUT2D eigenvalue weighted by Gasteiger charge is -2.31. The molecule has 1 N–H and O–H groups in total. The summed E-state index contributed by atoms with van der Waals surface area (Å²) in [5.41, 5.74) is 3.10. The minimum absolute atomic E-state index is 0.0214. The fourth-order valence-electron chi connectivity index (χ4n) is 4.62. The molecule has 1 saturated carbocycles. The fourth-order valence-corrected chi connectivity index (χ4v) is 4.93. The van der Waals surface area contributed by atoms with Crippen molar-refractivity contribution in [3.8, 4) is 0 Å². The topological polar surface area (TPSA) is 80.1 Å². The van der Waals surface area contributed by atoms with Gasteiger partial charge < -0.3 is 0 Å². The Kier molecular flexibility index (Phi) is 6.98. The van der Waals surface area contributed by atoms with E-state index in [2.05, 4.69) is 32.1 Å². The highest BCUT2D eigenvalue weighted by atomic mass is 32.2. The smallest absolute Gasteiger partial charge is 0.248 e. The van der Waals surface area contributed by atoms with Crippen molar-refractivity contribution in [2.75, 3.05) is 13.1 Å². The molecule has 2 aliphatic rings. The van der Waals surface area contributed by atoms with Gasteiger partial charge in [0.15, 0.2) is 0 Å². The number of rotatable bonds is 7. The van der Waals surface area contributed by atoms with Crippen LogP contribution in [0.4, 0.5) is 8.78 Å². The number of nitrogens with one attached hydrogen (secondary N) is 1. The molecule has 0 amide bonds. The molecule has 7 nitrogen and oxygen atoms in total. The van der Waals surface area contributed by atoms with Crippen LogP contribution < -0.4 is 4.72 Å². The molecule has 0 atom stereocenters. The van der Waals surface area contributed by atoms with Gasteiger partial charge in [0.2, 0.25) is 16.8 Å². The number of benzene rings is 1. The zero-order valence-corrected chi connectivity index (χ0v) is 18.3. The first-order valence-corrected chi connectivity index (χ1v) is 12.0. The zero-order valence-electron chi connectivity index (χ0n) is 17.4. The van der Waals surface area contributed by atoms with Crippen LogP contribution in [0, 0.1) is 0 Å². The third-order valence-electron chi connectivity index (χ3n) is 6.43. The van der Waals surface area contributed by atoms with E-state index in [-0.39, 0.29) is 18.9 Å². The standard InChI is InChI=1S/C21H29F2N5O2S/c22-21(23)8-4-20(5-9-21)28-15-19(25-26-28)14-27-10-6-17(7-11-27)18-3-1-2-16(12-18)13-24-31(29)30/h1-3,12,15,17,20,31H,4-11,13-14H2,(H,24,29,30). The second kappa shape index (κ2) is 9.70. The number of hydrogen-bond donors (Lipinski definition) is 2. The van der Waals surface area contributed by atoms with Crippen molar-refractivity contribution >= 4 is 10.9 Å². The first kappa shape index (κ1) is 22.3. The lowest BCUT2D eigenvalue weighted by atomic mass is 9.88. The van der Waals surface area contributed by atoms with E-state index in [0.717, 1.165) is 43.7 Å². The molecule has 2 fully saturated rings. The largest absolute Gasteiger partial charge is 0.297 e. The van der Waals surface area contributed by atoms with E-state index in [9.17, 15) is 17.2 Å². The summed E-state index contributed by atoms with van der Waals surface area (Å²) in [6, 6.07) is 8.14. The molecule has 31 heavy (non-hydrogen) atoms. The van der Waals surface area contributed by atoms with E-state index in [1.807, 2.05) is 18.3 Å². The lowest BCUT2D eigenvalue weighted by molar-refractivity contribution is -0.0451. The van der Waals surface area contributed by atoms with E-state index in [4.69, 9.17) is 0 Å². The Balaban J connectivity index is 1.27. The van der Waals surface area contributed by atoms with Gasteiger partial charge >= 0.3 is 0 Å². The molecule has 1 aliphatic heterocycles. The summed E-state index contributed by atoms with van der Waals surface area (Å²) in [7, 11) is -2.59. The van der Waals surface area contributed by atoms with E-state index >= 15 is 0 Å². The van der Waals surface area contributed by atoms with Gasteiger partial charge in [0.05, 0.1) is 17.9 Å². The van der Waals surface area contributed by atoms with E-state index in [1.54, 1.807) is 4.68 Å². The van der Waals surface area contributed by atoms with Crippen LogP contribution in [0.5, 0.6) is 0 Å². The van der Waals surface area contributed by atoms with E-state index < -0.39 is 16.8 Å². The Morgan fingerprint density at radius 1 is 1.13 bits per heavy atom. The highest BCUT2D eigenvalue weighted by Gasteiger charge is 2.36. The predicted molar refractivity (Wildman–Crippen MR) is 113 cm³/mol. The maximum absolute atomic E-state index is 13.4. The first-order valence-electron chi connectivity index (χ1n) is 10.9. The second-order valence-corrected chi connectivity index (χ2v) is 9.49. The van der Waals surface area contributed by atoms with Crippen LogP contribution >= 0.6 is 0 Å². The van der Waals surface area contributed by atoms with Gasteiger partial charge in [0.25, 0.3) is 0 Å². The van der Waals surface area contributed by atoms with Crippen molar-refractivity contribution in [2.45, 2.75) is 69.5 Å². The Bertz CT molecular complexity index is 939. The SMILES string of the molecule is O=[SH](=O)NCc1cccc(C2CCN(Cc3cn(C4CCC(F)(F)CC4)nn3)CC2)c1. The number of alkyl halides is 2. The molecule has 0 radical (unpaired) electrons. The normalized spacial score (nSPS) is 21.0. The lowest BCUT2D eigenvalue weighted by Crippen LogP contribution is -2.32. The Hall–Kier alpha value is -1.91. The van der Waals surface area contributed by atoms with Crippen LogP contribution in [0.25, 0.3) is 0 Å². The minimum Gasteiger partial charge on any atom is -0.297 e. The zero-order chi connectivity index (χ0) is 21.8. The molecule has 10 heteroatoms. The van der Waals surface area contributed by atoms with Crippen molar-refractivity contribution in [1.82, 2.24) is 24.6 Å². The number of piperidine rings is 1. The Morgan fingerprint density at radius 2 is 1.87 bits per heavy atom. The van der Waals surface area contributed by atoms with Crippen LogP contribution in [0.3, 0.4) is 0 Å². The molecule has 170 valence electrons. The number of nitrogens with zero attached hydrogens (tertiary/aromatic N) is 4.